The zero-order valence-electron chi connectivity index (χ0n) is 34.7. The van der Waals surface area contributed by atoms with Crippen molar-refractivity contribution in [2.45, 2.75) is 38.9 Å². The van der Waals surface area contributed by atoms with Crippen LogP contribution >= 0.6 is 0 Å². The van der Waals surface area contributed by atoms with Crippen LogP contribution in [0, 0.1) is 0 Å². The average molecular weight is 793 g/mol. The Morgan fingerprint density at radius 3 is 1.13 bits per heavy atom. The molecule has 6 nitrogen and oxygen atoms in total. The molecule has 2 aromatic heterocycles. The van der Waals surface area contributed by atoms with Crippen LogP contribution in [0.3, 0.4) is 0 Å². The maximum absolute atomic E-state index is 6.70. The predicted octanol–water partition coefficient (Wildman–Crippen LogP) is 12.4. The van der Waals surface area contributed by atoms with Crippen LogP contribution in [-0.4, -0.2) is 37.4 Å². The Hall–Kier alpha value is -7.06. The van der Waals surface area contributed by atoms with Gasteiger partial charge in [-0.3, -0.25) is 9.13 Å². The summed E-state index contributed by atoms with van der Waals surface area (Å²) in [5.74, 6) is 1.80. The molecule has 0 aliphatic carbocycles. The molecular formula is C54H45BN4O2. The maximum atomic E-state index is 6.70. The van der Waals surface area contributed by atoms with Gasteiger partial charge in [0.2, 0.25) is 0 Å². The molecule has 0 unspecified atom stereocenters. The van der Waals surface area contributed by atoms with E-state index < -0.39 is 18.3 Å². The van der Waals surface area contributed by atoms with E-state index in [1.165, 1.54) is 0 Å². The molecule has 61 heavy (non-hydrogen) atoms. The minimum atomic E-state index is -0.539. The van der Waals surface area contributed by atoms with Crippen molar-refractivity contribution >= 4 is 12.6 Å². The van der Waals surface area contributed by atoms with Gasteiger partial charge in [0.15, 0.2) is 0 Å². The Balaban J connectivity index is 1.05. The molecular weight excluding hydrogens is 747 g/mol. The molecule has 9 aromatic rings. The molecule has 1 aliphatic rings. The fourth-order valence-corrected chi connectivity index (χ4v) is 8.28. The van der Waals surface area contributed by atoms with Crippen molar-refractivity contribution in [1.29, 1.82) is 0 Å². The molecule has 7 aromatic carbocycles. The molecule has 0 saturated carbocycles. The summed E-state index contributed by atoms with van der Waals surface area (Å²) in [6.07, 6.45) is 7.72. The zero-order valence-corrected chi connectivity index (χ0v) is 34.7. The van der Waals surface area contributed by atoms with Gasteiger partial charge in [0.1, 0.15) is 11.6 Å². The molecule has 296 valence electrons. The van der Waals surface area contributed by atoms with Gasteiger partial charge in [-0.1, -0.05) is 146 Å². The molecule has 1 fully saturated rings. The number of hydrogen-bond donors (Lipinski definition) is 0. The molecule has 7 heteroatoms. The third kappa shape index (κ3) is 7.22. The van der Waals surface area contributed by atoms with Gasteiger partial charge in [-0.25, -0.2) is 9.97 Å². The van der Waals surface area contributed by atoms with Gasteiger partial charge < -0.3 is 9.31 Å². The summed E-state index contributed by atoms with van der Waals surface area (Å²) in [6, 6.07) is 62.1. The van der Waals surface area contributed by atoms with E-state index in [0.29, 0.717) is 0 Å². The van der Waals surface area contributed by atoms with Gasteiger partial charge in [-0.15, -0.1) is 0 Å². The van der Waals surface area contributed by atoms with Crippen LogP contribution in [0.1, 0.15) is 27.7 Å². The topological polar surface area (TPSA) is 54.1 Å². The summed E-state index contributed by atoms with van der Waals surface area (Å²) >= 11 is 0. The second-order valence-corrected chi connectivity index (χ2v) is 16.6. The average Bonchev–Trinajstić information content (AvgIpc) is 4.05. The second kappa shape index (κ2) is 15.5. The van der Waals surface area contributed by atoms with Crippen molar-refractivity contribution < 1.29 is 9.31 Å². The lowest BCUT2D eigenvalue weighted by Crippen LogP contribution is -2.41. The van der Waals surface area contributed by atoms with Gasteiger partial charge in [0.05, 0.1) is 11.2 Å². The number of rotatable bonds is 9. The lowest BCUT2D eigenvalue weighted by atomic mass is 9.75. The molecule has 1 aliphatic heterocycles. The fraction of sp³-hybridized carbons (Fsp3) is 0.111. The lowest BCUT2D eigenvalue weighted by Gasteiger charge is -2.32. The van der Waals surface area contributed by atoms with Gasteiger partial charge in [0, 0.05) is 47.3 Å². The number of hydrogen-bond acceptors (Lipinski definition) is 4. The molecule has 0 radical (unpaired) electrons. The van der Waals surface area contributed by atoms with Crippen LogP contribution in [0.15, 0.2) is 201 Å². The Morgan fingerprint density at radius 2 is 0.738 bits per heavy atom. The van der Waals surface area contributed by atoms with Gasteiger partial charge in [0.25, 0.3) is 0 Å². The van der Waals surface area contributed by atoms with E-state index in [1.807, 2.05) is 61.2 Å². The first-order valence-corrected chi connectivity index (χ1v) is 20.8. The molecule has 0 atom stereocenters. The van der Waals surface area contributed by atoms with E-state index in [4.69, 9.17) is 19.3 Å². The first kappa shape index (κ1) is 38.2. The highest BCUT2D eigenvalue weighted by Gasteiger charge is 2.51. The Labute approximate surface area is 357 Å². The molecule has 1 saturated heterocycles. The van der Waals surface area contributed by atoms with Crippen LogP contribution in [0.4, 0.5) is 0 Å². The maximum Gasteiger partial charge on any atom is 0.494 e. The Morgan fingerprint density at radius 1 is 0.393 bits per heavy atom. The van der Waals surface area contributed by atoms with E-state index in [-0.39, 0.29) is 0 Å². The summed E-state index contributed by atoms with van der Waals surface area (Å²) in [6.45, 7) is 8.42. The summed E-state index contributed by atoms with van der Waals surface area (Å²) < 4.78 is 17.7. The molecule has 10 rings (SSSR count). The Bertz CT molecular complexity index is 2770. The largest absolute Gasteiger partial charge is 0.494 e. The van der Waals surface area contributed by atoms with Crippen molar-refractivity contribution in [3.05, 3.63) is 201 Å². The van der Waals surface area contributed by atoms with Crippen molar-refractivity contribution in [3.63, 3.8) is 0 Å². The monoisotopic (exact) mass is 792 g/mol. The number of para-hydroxylation sites is 2. The minimum Gasteiger partial charge on any atom is -0.399 e. The van der Waals surface area contributed by atoms with E-state index in [9.17, 15) is 0 Å². The highest BCUT2D eigenvalue weighted by molar-refractivity contribution is 6.62. The van der Waals surface area contributed by atoms with Crippen LogP contribution < -0.4 is 5.46 Å². The van der Waals surface area contributed by atoms with Gasteiger partial charge in [-0.2, -0.15) is 0 Å². The number of nitrogens with zero attached hydrogens (tertiary/aromatic N) is 4. The predicted molar refractivity (Wildman–Crippen MR) is 249 cm³/mol. The van der Waals surface area contributed by atoms with Crippen LogP contribution in [-0.2, 0) is 9.31 Å². The lowest BCUT2D eigenvalue weighted by molar-refractivity contribution is 0.00578. The van der Waals surface area contributed by atoms with Crippen molar-refractivity contribution in [3.8, 4) is 78.7 Å². The van der Waals surface area contributed by atoms with E-state index in [0.717, 1.165) is 84.1 Å². The summed E-state index contributed by atoms with van der Waals surface area (Å²) in [5.41, 5.74) is 13.2. The van der Waals surface area contributed by atoms with E-state index in [2.05, 4.69) is 176 Å². The first-order valence-electron chi connectivity index (χ1n) is 20.8. The Kier molecular flexibility index (Phi) is 9.71. The SMILES string of the molecule is CC1(C)OB(c2cc(-c3ccccc3-c3ccc(-c4nccn4-c4ccccc4)cc3)cc(-c3ccccc3-c3ccc(-c4nccn4-c4ccccc4)cc3)c2)OC1(C)C. The summed E-state index contributed by atoms with van der Waals surface area (Å²) in [5, 5.41) is 0. The molecule has 0 N–H and O–H groups in total. The fourth-order valence-electron chi connectivity index (χ4n) is 8.28. The summed E-state index contributed by atoms with van der Waals surface area (Å²) in [4.78, 5) is 9.46. The summed E-state index contributed by atoms with van der Waals surface area (Å²) in [7, 11) is -0.539. The number of aromatic nitrogens is 4. The van der Waals surface area contributed by atoms with Crippen LogP contribution in [0.2, 0.25) is 0 Å². The molecule has 0 bridgehead atoms. The quantitative estimate of drug-likeness (QED) is 0.137. The van der Waals surface area contributed by atoms with Gasteiger partial charge >= 0.3 is 7.12 Å². The van der Waals surface area contributed by atoms with E-state index in [1.54, 1.807) is 0 Å². The second-order valence-electron chi connectivity index (χ2n) is 16.6. The number of benzene rings is 7. The van der Waals surface area contributed by atoms with Crippen molar-refractivity contribution in [2.75, 3.05) is 0 Å². The van der Waals surface area contributed by atoms with E-state index >= 15 is 0 Å². The number of imidazole rings is 2. The highest BCUT2D eigenvalue weighted by atomic mass is 16.7. The third-order valence-corrected chi connectivity index (χ3v) is 12.2. The highest BCUT2D eigenvalue weighted by Crippen LogP contribution is 2.41. The minimum absolute atomic E-state index is 0.488. The molecule has 0 spiro atoms. The van der Waals surface area contributed by atoms with Crippen molar-refractivity contribution in [2.24, 2.45) is 0 Å². The van der Waals surface area contributed by atoms with Gasteiger partial charge in [-0.05, 0) is 108 Å². The molecule has 3 heterocycles. The normalized spacial score (nSPS) is 14.3. The van der Waals surface area contributed by atoms with Crippen LogP contribution in [0.5, 0.6) is 0 Å². The first-order chi connectivity index (χ1) is 29.7. The third-order valence-electron chi connectivity index (χ3n) is 12.2. The zero-order chi connectivity index (χ0) is 41.6. The standard InChI is InChI=1S/C54H45BN4O2/c1-53(2)54(3,4)61-55(60-53)44-36-42(49-21-13-11-19-47(49)38-23-27-40(28-24-38)51-56-31-33-58(51)45-15-7-5-8-16-45)35-43(37-44)50-22-14-12-20-48(50)39-25-29-41(30-26-39)52-57-32-34-59(52)46-17-9-6-10-18-46/h5-37H,1-4H3. The molecule has 0 amide bonds. The van der Waals surface area contributed by atoms with Crippen molar-refractivity contribution in [1.82, 2.24) is 19.1 Å². The van der Waals surface area contributed by atoms with Crippen LogP contribution in [0.25, 0.3) is 78.7 Å². The smallest absolute Gasteiger partial charge is 0.399 e.